The van der Waals surface area contributed by atoms with Gasteiger partial charge in [0, 0.05) is 5.92 Å². The number of nitrogens with zero attached hydrogens (tertiary/aromatic N) is 1. The van der Waals surface area contributed by atoms with Crippen LogP contribution in [0.4, 0.5) is 18.9 Å². The minimum absolute atomic E-state index is 0.0949. The summed E-state index contributed by atoms with van der Waals surface area (Å²) in [5.41, 5.74) is -1.07. The van der Waals surface area contributed by atoms with Crippen molar-refractivity contribution >= 4 is 17.5 Å². The van der Waals surface area contributed by atoms with Crippen LogP contribution in [0.2, 0.25) is 0 Å². The number of benzene rings is 1. The van der Waals surface area contributed by atoms with E-state index in [0.717, 1.165) is 30.2 Å². The first-order chi connectivity index (χ1) is 12.3. The van der Waals surface area contributed by atoms with Crippen LogP contribution in [-0.2, 0) is 15.8 Å². The monoisotopic (exact) mass is 370 g/mol. The van der Waals surface area contributed by atoms with Gasteiger partial charge in [-0.1, -0.05) is 18.6 Å². The van der Waals surface area contributed by atoms with Crippen molar-refractivity contribution in [2.45, 2.75) is 25.4 Å². The SMILES string of the molecule is O=C(C[NH+]1CCN(C(=O)C2CCC2)CC1)Nc1ccccc1C(F)(F)F. The van der Waals surface area contributed by atoms with Gasteiger partial charge < -0.3 is 15.1 Å². The quantitative estimate of drug-likeness (QED) is 0.836. The van der Waals surface area contributed by atoms with E-state index in [4.69, 9.17) is 0 Å². The topological polar surface area (TPSA) is 53.9 Å². The molecule has 1 aromatic rings. The Kier molecular flexibility index (Phi) is 5.50. The van der Waals surface area contributed by atoms with E-state index in [-0.39, 0.29) is 24.1 Å². The fraction of sp³-hybridized carbons (Fsp3) is 0.556. The van der Waals surface area contributed by atoms with Gasteiger partial charge in [-0.15, -0.1) is 0 Å². The Morgan fingerprint density at radius 3 is 2.38 bits per heavy atom. The standard InChI is InChI=1S/C18H22F3N3O2/c19-18(20,21)14-6-1-2-7-15(14)22-16(25)12-23-8-10-24(11-9-23)17(26)13-4-3-5-13/h1-2,6-7,13H,3-5,8-12H2,(H,22,25)/p+1. The number of rotatable bonds is 4. The normalized spacial score (nSPS) is 19.1. The maximum Gasteiger partial charge on any atom is 0.418 e. The second kappa shape index (κ2) is 7.65. The Morgan fingerprint density at radius 1 is 1.15 bits per heavy atom. The number of carbonyl (C=O) groups excluding carboxylic acids is 2. The van der Waals surface area contributed by atoms with Crippen molar-refractivity contribution in [3.8, 4) is 0 Å². The molecule has 0 radical (unpaired) electrons. The number of para-hydroxylation sites is 1. The molecular formula is C18H23F3N3O2+. The van der Waals surface area contributed by atoms with Gasteiger partial charge in [0.1, 0.15) is 0 Å². The van der Waals surface area contributed by atoms with Gasteiger partial charge in [-0.25, -0.2) is 0 Å². The fourth-order valence-corrected chi connectivity index (χ4v) is 3.39. The third-order valence-electron chi connectivity index (χ3n) is 5.15. The van der Waals surface area contributed by atoms with E-state index < -0.39 is 17.6 Å². The van der Waals surface area contributed by atoms with Crippen molar-refractivity contribution in [1.29, 1.82) is 0 Å². The predicted octanol–water partition coefficient (Wildman–Crippen LogP) is 1.17. The van der Waals surface area contributed by atoms with E-state index in [0.29, 0.717) is 26.2 Å². The van der Waals surface area contributed by atoms with E-state index in [1.54, 1.807) is 0 Å². The van der Waals surface area contributed by atoms with Gasteiger partial charge in [0.25, 0.3) is 5.91 Å². The summed E-state index contributed by atoms with van der Waals surface area (Å²) < 4.78 is 38.9. The number of nitrogens with one attached hydrogen (secondary N) is 2. The van der Waals surface area contributed by atoms with Crippen LogP contribution in [0.15, 0.2) is 24.3 Å². The lowest BCUT2D eigenvalue weighted by molar-refractivity contribution is -0.895. The zero-order valence-corrected chi connectivity index (χ0v) is 14.4. The van der Waals surface area contributed by atoms with Crippen LogP contribution in [0.5, 0.6) is 0 Å². The smallest absolute Gasteiger partial charge is 0.331 e. The van der Waals surface area contributed by atoms with Gasteiger partial charge in [0.2, 0.25) is 5.91 Å². The lowest BCUT2D eigenvalue weighted by Crippen LogP contribution is -3.15. The lowest BCUT2D eigenvalue weighted by Gasteiger charge is -2.36. The summed E-state index contributed by atoms with van der Waals surface area (Å²) >= 11 is 0. The number of piperazine rings is 1. The van der Waals surface area contributed by atoms with Crippen LogP contribution in [-0.4, -0.2) is 49.4 Å². The van der Waals surface area contributed by atoms with Crippen molar-refractivity contribution in [3.05, 3.63) is 29.8 Å². The number of anilines is 1. The molecule has 1 heterocycles. The average molecular weight is 370 g/mol. The second-order valence-corrected chi connectivity index (χ2v) is 6.97. The molecule has 2 aliphatic rings. The Bertz CT molecular complexity index is 666. The highest BCUT2D eigenvalue weighted by molar-refractivity contribution is 5.92. The Hall–Kier alpha value is -2.09. The molecule has 142 valence electrons. The number of alkyl halides is 3. The van der Waals surface area contributed by atoms with Crippen LogP contribution in [0.3, 0.4) is 0 Å². The molecule has 0 spiro atoms. The maximum atomic E-state index is 13.0. The molecule has 26 heavy (non-hydrogen) atoms. The van der Waals surface area contributed by atoms with Crippen molar-refractivity contribution in [3.63, 3.8) is 0 Å². The Morgan fingerprint density at radius 2 is 1.81 bits per heavy atom. The summed E-state index contributed by atoms with van der Waals surface area (Å²) in [5, 5.41) is 2.37. The number of hydrogen-bond acceptors (Lipinski definition) is 2. The zero-order chi connectivity index (χ0) is 18.7. The molecule has 8 heteroatoms. The van der Waals surface area contributed by atoms with Crippen LogP contribution < -0.4 is 10.2 Å². The molecule has 0 unspecified atom stereocenters. The molecular weight excluding hydrogens is 347 g/mol. The number of amides is 2. The van der Waals surface area contributed by atoms with Crippen molar-refractivity contribution in [2.24, 2.45) is 5.92 Å². The summed E-state index contributed by atoms with van der Waals surface area (Å²) in [7, 11) is 0. The first-order valence-electron chi connectivity index (χ1n) is 8.93. The number of carbonyl (C=O) groups is 2. The van der Waals surface area contributed by atoms with E-state index in [2.05, 4.69) is 5.32 Å². The highest BCUT2D eigenvalue weighted by Crippen LogP contribution is 2.34. The van der Waals surface area contributed by atoms with Crippen LogP contribution in [0.25, 0.3) is 0 Å². The summed E-state index contributed by atoms with van der Waals surface area (Å²) in [4.78, 5) is 27.2. The molecule has 1 aliphatic heterocycles. The average Bonchev–Trinajstić information content (AvgIpc) is 2.53. The number of quaternary nitrogens is 1. The highest BCUT2D eigenvalue weighted by Gasteiger charge is 2.35. The molecule has 2 fully saturated rings. The molecule has 3 rings (SSSR count). The largest absolute Gasteiger partial charge is 0.418 e. The minimum atomic E-state index is -4.51. The van der Waals surface area contributed by atoms with Gasteiger partial charge >= 0.3 is 6.18 Å². The minimum Gasteiger partial charge on any atom is -0.331 e. The van der Waals surface area contributed by atoms with E-state index in [9.17, 15) is 22.8 Å². The van der Waals surface area contributed by atoms with E-state index >= 15 is 0 Å². The maximum absolute atomic E-state index is 13.0. The first kappa shape index (κ1) is 18.7. The highest BCUT2D eigenvalue weighted by atomic mass is 19.4. The van der Waals surface area contributed by atoms with Crippen LogP contribution >= 0.6 is 0 Å². The molecule has 0 atom stereocenters. The third kappa shape index (κ3) is 4.35. The van der Waals surface area contributed by atoms with Gasteiger partial charge in [0.15, 0.2) is 6.54 Å². The number of halogens is 3. The van der Waals surface area contributed by atoms with Crippen molar-refractivity contribution < 1.29 is 27.7 Å². The van der Waals surface area contributed by atoms with Crippen molar-refractivity contribution in [2.75, 3.05) is 38.0 Å². The summed E-state index contributed by atoms with van der Waals surface area (Å²) in [6.07, 6.45) is -1.47. The second-order valence-electron chi connectivity index (χ2n) is 6.97. The van der Waals surface area contributed by atoms with Crippen LogP contribution in [0, 0.1) is 5.92 Å². The zero-order valence-electron chi connectivity index (χ0n) is 14.4. The summed E-state index contributed by atoms with van der Waals surface area (Å²) in [5.74, 6) is -0.0759. The third-order valence-corrected chi connectivity index (χ3v) is 5.15. The van der Waals surface area contributed by atoms with Crippen molar-refractivity contribution in [1.82, 2.24) is 4.90 Å². The number of hydrogen-bond donors (Lipinski definition) is 2. The molecule has 0 bridgehead atoms. The van der Waals surface area contributed by atoms with E-state index in [1.165, 1.54) is 18.2 Å². The molecule has 1 saturated carbocycles. The molecule has 1 aliphatic carbocycles. The fourth-order valence-electron chi connectivity index (χ4n) is 3.39. The van der Waals surface area contributed by atoms with E-state index in [1.807, 2.05) is 4.90 Å². The first-order valence-corrected chi connectivity index (χ1v) is 8.93. The Labute approximate surface area is 150 Å². The molecule has 5 nitrogen and oxygen atoms in total. The molecule has 1 aromatic carbocycles. The summed E-state index contributed by atoms with van der Waals surface area (Å²) in [6, 6.07) is 4.96. The molecule has 2 N–H and O–H groups in total. The van der Waals surface area contributed by atoms with Gasteiger partial charge in [-0.3, -0.25) is 9.59 Å². The van der Waals surface area contributed by atoms with Gasteiger partial charge in [0.05, 0.1) is 37.4 Å². The molecule has 0 aromatic heterocycles. The van der Waals surface area contributed by atoms with Gasteiger partial charge in [-0.2, -0.15) is 13.2 Å². The molecule has 1 saturated heterocycles. The van der Waals surface area contributed by atoms with Gasteiger partial charge in [-0.05, 0) is 25.0 Å². The predicted molar refractivity (Wildman–Crippen MR) is 89.6 cm³/mol. The summed E-state index contributed by atoms with van der Waals surface area (Å²) in [6.45, 7) is 2.55. The Balaban J connectivity index is 1.50. The van der Waals surface area contributed by atoms with Crippen LogP contribution in [0.1, 0.15) is 24.8 Å². The molecule has 2 amide bonds. The lowest BCUT2D eigenvalue weighted by atomic mass is 9.84.